The van der Waals surface area contributed by atoms with Crippen LogP contribution in [0.3, 0.4) is 0 Å². The molecule has 0 aliphatic heterocycles. The summed E-state index contributed by atoms with van der Waals surface area (Å²) in [5.74, 6) is 1.29. The highest BCUT2D eigenvalue weighted by Gasteiger charge is 2.07. The molecule has 1 atom stereocenters. The topological polar surface area (TPSA) is 12.0 Å². The molecule has 0 aliphatic rings. The summed E-state index contributed by atoms with van der Waals surface area (Å²) in [6.45, 7) is 3.38. The maximum absolute atomic E-state index is 3.66. The summed E-state index contributed by atoms with van der Waals surface area (Å²) in [5.41, 5.74) is 1.41. The minimum Gasteiger partial charge on any atom is -0.310 e. The van der Waals surface area contributed by atoms with E-state index in [1.807, 2.05) is 11.8 Å². The normalized spacial score (nSPS) is 12.7. The van der Waals surface area contributed by atoms with Crippen molar-refractivity contribution in [3.63, 3.8) is 0 Å². The maximum Gasteiger partial charge on any atom is 0.0297 e. The summed E-state index contributed by atoms with van der Waals surface area (Å²) in [7, 11) is 0. The van der Waals surface area contributed by atoms with E-state index in [1.165, 1.54) is 41.4 Å². The molecule has 0 spiro atoms. The molecule has 108 valence electrons. The van der Waals surface area contributed by atoms with Crippen molar-refractivity contribution >= 4 is 22.5 Å². The molecule has 2 aromatic rings. The molecule has 2 aromatic carbocycles. The fourth-order valence-electron chi connectivity index (χ4n) is 2.60. The standard InChI is InChI=1S/C18H25NS/c1-15(19-13-6-3-7-14-20-2)17-12-8-10-16-9-4-5-11-18(16)17/h4-5,8-12,15,19H,3,6-7,13-14H2,1-2H3. The van der Waals surface area contributed by atoms with E-state index in [0.29, 0.717) is 6.04 Å². The number of hydrogen-bond donors (Lipinski definition) is 1. The lowest BCUT2D eigenvalue weighted by atomic mass is 9.99. The van der Waals surface area contributed by atoms with Gasteiger partial charge < -0.3 is 5.32 Å². The van der Waals surface area contributed by atoms with E-state index >= 15 is 0 Å². The predicted octanol–water partition coefficient (Wildman–Crippen LogP) is 5.02. The number of unbranched alkanes of at least 4 members (excludes halogenated alkanes) is 2. The molecule has 0 fully saturated rings. The number of benzene rings is 2. The molecule has 0 radical (unpaired) electrons. The van der Waals surface area contributed by atoms with E-state index in [9.17, 15) is 0 Å². The zero-order valence-electron chi connectivity index (χ0n) is 12.6. The van der Waals surface area contributed by atoms with Crippen LogP contribution in [-0.4, -0.2) is 18.6 Å². The van der Waals surface area contributed by atoms with Crippen LogP contribution in [0.5, 0.6) is 0 Å². The highest BCUT2D eigenvalue weighted by atomic mass is 32.2. The SMILES string of the molecule is CSCCCCCNC(C)c1cccc2ccccc12. The Morgan fingerprint density at radius 1 is 1.00 bits per heavy atom. The minimum absolute atomic E-state index is 0.418. The number of rotatable bonds is 8. The van der Waals surface area contributed by atoms with Gasteiger partial charge in [0, 0.05) is 6.04 Å². The van der Waals surface area contributed by atoms with Gasteiger partial charge >= 0.3 is 0 Å². The van der Waals surface area contributed by atoms with Gasteiger partial charge in [-0.2, -0.15) is 11.8 Å². The largest absolute Gasteiger partial charge is 0.310 e. The Balaban J connectivity index is 1.89. The van der Waals surface area contributed by atoms with Gasteiger partial charge in [0.25, 0.3) is 0 Å². The molecule has 1 N–H and O–H groups in total. The highest BCUT2D eigenvalue weighted by molar-refractivity contribution is 7.98. The van der Waals surface area contributed by atoms with E-state index in [4.69, 9.17) is 0 Å². The van der Waals surface area contributed by atoms with Gasteiger partial charge in [0.15, 0.2) is 0 Å². The van der Waals surface area contributed by atoms with Crippen LogP contribution in [-0.2, 0) is 0 Å². The molecule has 0 bridgehead atoms. The van der Waals surface area contributed by atoms with Crippen molar-refractivity contribution in [2.75, 3.05) is 18.6 Å². The summed E-state index contributed by atoms with van der Waals surface area (Å²) >= 11 is 1.94. The third kappa shape index (κ3) is 4.26. The number of nitrogens with one attached hydrogen (secondary N) is 1. The lowest BCUT2D eigenvalue weighted by Gasteiger charge is -2.16. The minimum atomic E-state index is 0.418. The Labute approximate surface area is 127 Å². The summed E-state index contributed by atoms with van der Waals surface area (Å²) in [6.07, 6.45) is 6.12. The Hall–Kier alpha value is -0.990. The molecule has 0 saturated carbocycles. The van der Waals surface area contributed by atoms with Crippen LogP contribution in [0.15, 0.2) is 42.5 Å². The molecule has 0 aromatic heterocycles. The third-order valence-corrected chi connectivity index (χ3v) is 4.46. The summed E-state index contributed by atoms with van der Waals surface area (Å²) in [6, 6.07) is 15.7. The Bertz CT molecular complexity index is 518. The van der Waals surface area contributed by atoms with Gasteiger partial charge in [0.05, 0.1) is 0 Å². The molecule has 0 saturated heterocycles. The molecule has 0 amide bonds. The second kappa shape index (κ2) is 8.33. The number of fused-ring (bicyclic) bond motifs is 1. The second-order valence-electron chi connectivity index (χ2n) is 5.30. The van der Waals surface area contributed by atoms with E-state index in [-0.39, 0.29) is 0 Å². The van der Waals surface area contributed by atoms with Crippen LogP contribution >= 0.6 is 11.8 Å². The van der Waals surface area contributed by atoms with Crippen molar-refractivity contribution in [2.45, 2.75) is 32.2 Å². The van der Waals surface area contributed by atoms with Gasteiger partial charge in [0.1, 0.15) is 0 Å². The molecular weight excluding hydrogens is 262 g/mol. The van der Waals surface area contributed by atoms with Crippen molar-refractivity contribution in [1.82, 2.24) is 5.32 Å². The Kier molecular flexibility index (Phi) is 6.41. The average Bonchev–Trinajstić information content (AvgIpc) is 2.50. The molecule has 0 heterocycles. The van der Waals surface area contributed by atoms with Crippen molar-refractivity contribution < 1.29 is 0 Å². The lowest BCUT2D eigenvalue weighted by Crippen LogP contribution is -2.20. The molecule has 0 aliphatic carbocycles. The van der Waals surface area contributed by atoms with Crippen molar-refractivity contribution in [3.8, 4) is 0 Å². The Morgan fingerprint density at radius 3 is 2.65 bits per heavy atom. The van der Waals surface area contributed by atoms with Gasteiger partial charge in [-0.3, -0.25) is 0 Å². The van der Waals surface area contributed by atoms with E-state index in [1.54, 1.807) is 0 Å². The lowest BCUT2D eigenvalue weighted by molar-refractivity contribution is 0.547. The van der Waals surface area contributed by atoms with Crippen molar-refractivity contribution in [1.29, 1.82) is 0 Å². The fourth-order valence-corrected chi connectivity index (χ4v) is 3.10. The number of hydrogen-bond acceptors (Lipinski definition) is 2. The van der Waals surface area contributed by atoms with Crippen LogP contribution in [0, 0.1) is 0 Å². The molecule has 1 unspecified atom stereocenters. The quantitative estimate of drug-likeness (QED) is 0.684. The average molecular weight is 287 g/mol. The van der Waals surface area contributed by atoms with E-state index in [0.717, 1.165) is 6.54 Å². The zero-order valence-corrected chi connectivity index (χ0v) is 13.4. The van der Waals surface area contributed by atoms with Crippen LogP contribution in [0.25, 0.3) is 10.8 Å². The molecule has 2 heteroatoms. The summed E-state index contributed by atoms with van der Waals surface area (Å²) < 4.78 is 0. The van der Waals surface area contributed by atoms with Gasteiger partial charge in [-0.05, 0) is 54.7 Å². The van der Waals surface area contributed by atoms with Crippen LogP contribution in [0.2, 0.25) is 0 Å². The summed E-state index contributed by atoms with van der Waals surface area (Å²) in [4.78, 5) is 0. The second-order valence-corrected chi connectivity index (χ2v) is 6.28. The van der Waals surface area contributed by atoms with Crippen LogP contribution in [0.4, 0.5) is 0 Å². The first-order valence-corrected chi connectivity index (χ1v) is 8.92. The van der Waals surface area contributed by atoms with Crippen molar-refractivity contribution in [3.05, 3.63) is 48.0 Å². The molecule has 2 rings (SSSR count). The van der Waals surface area contributed by atoms with Gasteiger partial charge in [0.2, 0.25) is 0 Å². The molecule has 20 heavy (non-hydrogen) atoms. The number of thioether (sulfide) groups is 1. The van der Waals surface area contributed by atoms with Gasteiger partial charge in [-0.15, -0.1) is 0 Å². The van der Waals surface area contributed by atoms with E-state index in [2.05, 4.69) is 61.0 Å². The third-order valence-electron chi connectivity index (χ3n) is 3.77. The Morgan fingerprint density at radius 2 is 1.80 bits per heavy atom. The monoisotopic (exact) mass is 287 g/mol. The predicted molar refractivity (Wildman–Crippen MR) is 92.6 cm³/mol. The smallest absolute Gasteiger partial charge is 0.0297 e. The summed E-state index contributed by atoms with van der Waals surface area (Å²) in [5, 5.41) is 6.37. The van der Waals surface area contributed by atoms with Gasteiger partial charge in [-0.1, -0.05) is 48.9 Å². The van der Waals surface area contributed by atoms with Crippen LogP contribution in [0.1, 0.15) is 37.8 Å². The maximum atomic E-state index is 3.66. The van der Waals surface area contributed by atoms with Gasteiger partial charge in [-0.25, -0.2) is 0 Å². The van der Waals surface area contributed by atoms with Crippen LogP contribution < -0.4 is 5.32 Å². The fraction of sp³-hybridized carbons (Fsp3) is 0.444. The van der Waals surface area contributed by atoms with Crippen molar-refractivity contribution in [2.24, 2.45) is 0 Å². The molecule has 1 nitrogen and oxygen atoms in total. The first-order chi connectivity index (χ1) is 9.83. The first kappa shape index (κ1) is 15.4. The zero-order chi connectivity index (χ0) is 14.2. The highest BCUT2D eigenvalue weighted by Crippen LogP contribution is 2.23. The van der Waals surface area contributed by atoms with E-state index < -0.39 is 0 Å². The molecular formula is C18H25NS. The first-order valence-electron chi connectivity index (χ1n) is 7.53.